The van der Waals surface area contributed by atoms with E-state index < -0.39 is 4.92 Å². The van der Waals surface area contributed by atoms with Crippen molar-refractivity contribution in [2.75, 3.05) is 5.32 Å². The second-order valence-electron chi connectivity index (χ2n) is 5.40. The first-order valence-corrected chi connectivity index (χ1v) is 8.32. The van der Waals surface area contributed by atoms with Crippen LogP contribution in [0, 0.1) is 24.0 Å². The number of amides is 1. The predicted octanol–water partition coefficient (Wildman–Crippen LogP) is 5.33. The highest BCUT2D eigenvalue weighted by atomic mass is 35.5. The normalized spacial score (nSPS) is 10.8. The Morgan fingerprint density at radius 3 is 2.50 bits per heavy atom. The number of nitrogens with one attached hydrogen (secondary N) is 1. The van der Waals surface area contributed by atoms with Crippen molar-refractivity contribution in [3.8, 4) is 0 Å². The number of carbonyl (C=O) groups is 1. The molecule has 1 N–H and O–H groups in total. The minimum atomic E-state index is -0.469. The maximum atomic E-state index is 12.6. The van der Waals surface area contributed by atoms with E-state index in [1.54, 1.807) is 6.07 Å². The van der Waals surface area contributed by atoms with Gasteiger partial charge in [-0.05, 0) is 31.0 Å². The monoisotopic (exact) mass is 360 g/mol. The number of hydrogen-bond donors (Lipinski definition) is 1. The first-order chi connectivity index (χ1) is 11.4. The molecule has 1 amide bonds. The number of rotatable bonds is 3. The van der Waals surface area contributed by atoms with Crippen molar-refractivity contribution in [2.45, 2.75) is 13.8 Å². The molecular formula is C17H13ClN2O3S. The van der Waals surface area contributed by atoms with Gasteiger partial charge in [-0.1, -0.05) is 29.8 Å². The number of benzene rings is 2. The van der Waals surface area contributed by atoms with Gasteiger partial charge in [0.05, 0.1) is 9.95 Å². The summed E-state index contributed by atoms with van der Waals surface area (Å²) in [5.41, 5.74) is 2.64. The first-order valence-electron chi connectivity index (χ1n) is 7.12. The zero-order valence-electron chi connectivity index (χ0n) is 12.9. The van der Waals surface area contributed by atoms with E-state index in [-0.39, 0.29) is 11.6 Å². The molecule has 3 aromatic rings. The second-order valence-corrected chi connectivity index (χ2v) is 6.83. The summed E-state index contributed by atoms with van der Waals surface area (Å²) in [5.74, 6) is -0.318. The smallest absolute Gasteiger partial charge is 0.270 e. The Morgan fingerprint density at radius 1 is 1.21 bits per heavy atom. The van der Waals surface area contributed by atoms with Crippen LogP contribution < -0.4 is 5.32 Å². The second kappa shape index (κ2) is 6.22. The van der Waals surface area contributed by atoms with Gasteiger partial charge in [-0.2, -0.15) is 0 Å². The molecule has 0 bridgehead atoms. The van der Waals surface area contributed by atoms with Crippen molar-refractivity contribution in [1.82, 2.24) is 0 Å². The number of nitro groups is 1. The summed E-state index contributed by atoms with van der Waals surface area (Å²) in [4.78, 5) is 23.4. The van der Waals surface area contributed by atoms with E-state index in [0.29, 0.717) is 20.0 Å². The molecule has 5 nitrogen and oxygen atoms in total. The number of aryl methyl sites for hydroxylation is 2. The van der Waals surface area contributed by atoms with Crippen LogP contribution in [-0.4, -0.2) is 10.8 Å². The van der Waals surface area contributed by atoms with Gasteiger partial charge >= 0.3 is 0 Å². The summed E-state index contributed by atoms with van der Waals surface area (Å²) < 4.78 is 0.612. The van der Waals surface area contributed by atoms with Crippen LogP contribution in [0.2, 0.25) is 5.02 Å². The minimum absolute atomic E-state index is 0.0258. The Balaban J connectivity index is 2.01. The van der Waals surface area contributed by atoms with Crippen LogP contribution in [-0.2, 0) is 0 Å². The van der Waals surface area contributed by atoms with Gasteiger partial charge in [0.1, 0.15) is 4.88 Å². The molecule has 0 aliphatic carbocycles. The van der Waals surface area contributed by atoms with Gasteiger partial charge in [-0.25, -0.2) is 0 Å². The van der Waals surface area contributed by atoms with Crippen molar-refractivity contribution in [1.29, 1.82) is 0 Å². The molecule has 24 heavy (non-hydrogen) atoms. The SMILES string of the molecule is Cc1cccc(C)c1NC(=O)c1sc2cc([N+](=O)[O-])ccc2c1Cl. The number of hydrogen-bond acceptors (Lipinski definition) is 4. The number of nitro benzene ring substituents is 1. The van der Waals surface area contributed by atoms with Gasteiger partial charge in [0.2, 0.25) is 0 Å². The largest absolute Gasteiger partial charge is 0.321 e. The molecule has 7 heteroatoms. The van der Waals surface area contributed by atoms with Crippen LogP contribution in [0.4, 0.5) is 11.4 Å². The number of anilines is 1. The molecule has 0 radical (unpaired) electrons. The lowest BCUT2D eigenvalue weighted by molar-refractivity contribution is -0.384. The van der Waals surface area contributed by atoms with E-state index in [9.17, 15) is 14.9 Å². The molecule has 0 aliphatic rings. The maximum Gasteiger partial charge on any atom is 0.270 e. The van der Waals surface area contributed by atoms with Crippen molar-refractivity contribution in [3.63, 3.8) is 0 Å². The van der Waals surface area contributed by atoms with Gasteiger partial charge in [-0.15, -0.1) is 11.3 Å². The van der Waals surface area contributed by atoms with E-state index >= 15 is 0 Å². The van der Waals surface area contributed by atoms with E-state index in [1.165, 1.54) is 12.1 Å². The topological polar surface area (TPSA) is 72.2 Å². The Labute approximate surface area is 147 Å². The third-order valence-corrected chi connectivity index (χ3v) is 5.41. The fraction of sp³-hybridized carbons (Fsp3) is 0.118. The molecule has 2 aromatic carbocycles. The molecule has 0 saturated carbocycles. The summed E-state index contributed by atoms with van der Waals surface area (Å²) in [7, 11) is 0. The lowest BCUT2D eigenvalue weighted by Gasteiger charge is -2.10. The van der Waals surface area contributed by atoms with Crippen LogP contribution >= 0.6 is 22.9 Å². The molecule has 122 valence electrons. The third kappa shape index (κ3) is 2.86. The summed E-state index contributed by atoms with van der Waals surface area (Å²) in [6, 6.07) is 10.1. The number of thiophene rings is 1. The number of nitrogens with zero attached hydrogens (tertiary/aromatic N) is 1. The van der Waals surface area contributed by atoms with Crippen molar-refractivity contribution in [2.24, 2.45) is 0 Å². The Hall–Kier alpha value is -2.44. The Morgan fingerprint density at radius 2 is 1.88 bits per heavy atom. The quantitative estimate of drug-likeness (QED) is 0.506. The first kappa shape index (κ1) is 16.4. The molecule has 1 heterocycles. The lowest BCUT2D eigenvalue weighted by Crippen LogP contribution is -2.12. The number of para-hydroxylation sites is 1. The Kier molecular flexibility index (Phi) is 4.26. The Bertz CT molecular complexity index is 961. The number of halogens is 1. The maximum absolute atomic E-state index is 12.6. The van der Waals surface area contributed by atoms with Gasteiger partial charge in [-0.3, -0.25) is 14.9 Å². The molecule has 0 fully saturated rings. The summed E-state index contributed by atoms with van der Waals surface area (Å²) in [6.07, 6.45) is 0. The molecule has 1 aromatic heterocycles. The van der Waals surface area contributed by atoms with Crippen LogP contribution in [0.5, 0.6) is 0 Å². The van der Waals surface area contributed by atoms with Gasteiger partial charge in [0.25, 0.3) is 11.6 Å². The van der Waals surface area contributed by atoms with E-state index in [4.69, 9.17) is 11.6 Å². The molecule has 3 rings (SSSR count). The van der Waals surface area contributed by atoms with Crippen LogP contribution in [0.25, 0.3) is 10.1 Å². The van der Waals surface area contributed by atoms with E-state index in [2.05, 4.69) is 5.32 Å². The molecule has 0 saturated heterocycles. The highest BCUT2D eigenvalue weighted by Gasteiger charge is 2.20. The fourth-order valence-electron chi connectivity index (χ4n) is 2.50. The zero-order chi connectivity index (χ0) is 17.4. The standard InChI is InChI=1S/C17H13ClN2O3S/c1-9-4-3-5-10(2)15(9)19-17(21)16-14(18)12-7-6-11(20(22)23)8-13(12)24-16/h3-8H,1-2H3,(H,19,21). The summed E-state index contributed by atoms with van der Waals surface area (Å²) in [5, 5.41) is 14.7. The van der Waals surface area contributed by atoms with Crippen LogP contribution in [0.1, 0.15) is 20.8 Å². The molecule has 0 atom stereocenters. The van der Waals surface area contributed by atoms with Crippen molar-refractivity contribution in [3.05, 3.63) is 67.5 Å². The third-order valence-electron chi connectivity index (χ3n) is 3.75. The van der Waals surface area contributed by atoms with E-state index in [1.807, 2.05) is 32.0 Å². The molecule has 0 spiro atoms. The lowest BCUT2D eigenvalue weighted by atomic mass is 10.1. The predicted molar refractivity (Wildman–Crippen MR) is 97.4 cm³/mol. The average molecular weight is 361 g/mol. The van der Waals surface area contributed by atoms with Gasteiger partial charge < -0.3 is 5.32 Å². The average Bonchev–Trinajstić information content (AvgIpc) is 2.87. The summed E-state index contributed by atoms with van der Waals surface area (Å²) in [6.45, 7) is 3.83. The number of fused-ring (bicyclic) bond motifs is 1. The van der Waals surface area contributed by atoms with Crippen LogP contribution in [0.15, 0.2) is 36.4 Å². The highest BCUT2D eigenvalue weighted by Crippen LogP contribution is 2.37. The van der Waals surface area contributed by atoms with Crippen LogP contribution in [0.3, 0.4) is 0 Å². The molecule has 0 unspecified atom stereocenters. The summed E-state index contributed by atoms with van der Waals surface area (Å²) >= 11 is 7.46. The molecular weight excluding hydrogens is 348 g/mol. The van der Waals surface area contributed by atoms with Crippen molar-refractivity contribution < 1.29 is 9.72 Å². The highest BCUT2D eigenvalue weighted by molar-refractivity contribution is 7.21. The molecule has 0 aliphatic heterocycles. The van der Waals surface area contributed by atoms with E-state index in [0.717, 1.165) is 28.2 Å². The fourth-order valence-corrected chi connectivity index (χ4v) is 3.94. The zero-order valence-corrected chi connectivity index (χ0v) is 14.5. The van der Waals surface area contributed by atoms with Gasteiger partial charge in [0, 0.05) is 27.9 Å². The van der Waals surface area contributed by atoms with Gasteiger partial charge in [0.15, 0.2) is 0 Å². The van der Waals surface area contributed by atoms with Crippen molar-refractivity contribution >= 4 is 50.3 Å². The number of non-ortho nitro benzene ring substituents is 1. The minimum Gasteiger partial charge on any atom is -0.321 e. The number of carbonyl (C=O) groups excluding carboxylic acids is 1.